The fourth-order valence-electron chi connectivity index (χ4n) is 4.40. The minimum absolute atomic E-state index is 0.0922. The Balaban J connectivity index is 1.63. The van der Waals surface area contributed by atoms with Gasteiger partial charge in [-0.3, -0.25) is 4.79 Å². The number of hydrogen-bond acceptors (Lipinski definition) is 5. The molecule has 4 rings (SSSR count). The summed E-state index contributed by atoms with van der Waals surface area (Å²) in [4.78, 5) is 13.0. The normalized spacial score (nSPS) is 11.4. The molecule has 0 unspecified atom stereocenters. The first-order valence-electron chi connectivity index (χ1n) is 12.0. The van der Waals surface area contributed by atoms with Gasteiger partial charge in [-0.25, -0.2) is 4.39 Å². The molecule has 0 atom stereocenters. The molecular weight excluding hydrogens is 485 g/mol. The van der Waals surface area contributed by atoms with Crippen molar-refractivity contribution in [1.29, 1.82) is 0 Å². The molecule has 4 aromatic rings. The van der Waals surface area contributed by atoms with Crippen LogP contribution in [-0.2, 0) is 13.5 Å². The zero-order chi connectivity index (χ0) is 27.2. The van der Waals surface area contributed by atoms with Crippen molar-refractivity contribution in [3.8, 4) is 23.0 Å². The molecule has 6 nitrogen and oxygen atoms in total. The average molecular weight is 516 g/mol. The van der Waals surface area contributed by atoms with E-state index < -0.39 is 5.82 Å². The number of benzene rings is 3. The molecule has 196 valence electrons. The number of carbonyl (C=O) groups is 1. The number of para-hydroxylation sites is 1. The molecule has 3 aromatic carbocycles. The van der Waals surface area contributed by atoms with E-state index in [4.69, 9.17) is 18.9 Å². The van der Waals surface area contributed by atoms with E-state index in [1.807, 2.05) is 48.2 Å². The highest BCUT2D eigenvalue weighted by atomic mass is 19.1. The number of methoxy groups -OCH3 is 4. The standard InChI is InChI=1S/C31H30FNO5/c1-33-19-24(23-10-6-7-11-26(23)33)27(34)12-8-9-21-18-28(35-2)25(32)17-22(21)14-13-20-15-29(36-3)31(38-5)30(16-20)37-4/h6-8,10-19H,9H2,1-5H3/b12-8-,14-13-. The summed E-state index contributed by atoms with van der Waals surface area (Å²) in [5.41, 5.74) is 3.86. The molecule has 7 heteroatoms. The van der Waals surface area contributed by atoms with E-state index >= 15 is 0 Å². The van der Waals surface area contributed by atoms with E-state index in [-0.39, 0.29) is 11.5 Å². The molecule has 0 bridgehead atoms. The van der Waals surface area contributed by atoms with Gasteiger partial charge in [-0.2, -0.15) is 0 Å². The summed E-state index contributed by atoms with van der Waals surface area (Å²) in [7, 11) is 7.98. The maximum atomic E-state index is 14.6. The Bertz CT molecular complexity index is 1510. The highest BCUT2D eigenvalue weighted by Gasteiger charge is 2.14. The summed E-state index contributed by atoms with van der Waals surface area (Å²) >= 11 is 0. The number of aromatic nitrogens is 1. The Labute approximate surface area is 221 Å². The van der Waals surface area contributed by atoms with Crippen molar-refractivity contribution in [2.45, 2.75) is 6.42 Å². The zero-order valence-electron chi connectivity index (χ0n) is 22.1. The van der Waals surface area contributed by atoms with E-state index in [9.17, 15) is 9.18 Å². The molecule has 0 aliphatic heterocycles. The molecule has 0 spiro atoms. The number of aryl methyl sites for hydroxylation is 1. The van der Waals surface area contributed by atoms with Gasteiger partial charge in [0, 0.05) is 29.7 Å². The Hall–Kier alpha value is -4.52. The number of rotatable bonds is 10. The number of hydrogen-bond donors (Lipinski definition) is 0. The van der Waals surface area contributed by atoms with Crippen LogP contribution in [-0.4, -0.2) is 38.8 Å². The van der Waals surface area contributed by atoms with Crippen LogP contribution in [0, 0.1) is 5.82 Å². The third kappa shape index (κ3) is 5.42. The first-order chi connectivity index (χ1) is 18.4. The Kier molecular flexibility index (Phi) is 8.16. The van der Waals surface area contributed by atoms with Crippen molar-refractivity contribution in [3.63, 3.8) is 0 Å². The average Bonchev–Trinajstić information content (AvgIpc) is 3.28. The molecular formula is C31H30FNO5. The number of ether oxygens (including phenoxy) is 4. The van der Waals surface area contributed by atoms with Gasteiger partial charge in [0.1, 0.15) is 0 Å². The minimum atomic E-state index is -0.475. The molecule has 1 aromatic heterocycles. The molecule has 0 aliphatic carbocycles. The number of allylic oxidation sites excluding steroid dienone is 2. The summed E-state index contributed by atoms with van der Waals surface area (Å²) in [6.07, 6.45) is 9.23. The van der Waals surface area contributed by atoms with Crippen molar-refractivity contribution in [3.05, 3.63) is 95.0 Å². The van der Waals surface area contributed by atoms with Crippen molar-refractivity contribution in [1.82, 2.24) is 4.57 Å². The predicted octanol–water partition coefficient (Wildman–Crippen LogP) is 6.50. The lowest BCUT2D eigenvalue weighted by Crippen LogP contribution is -1.97. The molecule has 0 saturated heterocycles. The Morgan fingerprint density at radius 3 is 2.24 bits per heavy atom. The summed E-state index contributed by atoms with van der Waals surface area (Å²) in [5.74, 6) is 1.09. The first kappa shape index (κ1) is 26.5. The van der Waals surface area contributed by atoms with E-state index in [1.54, 1.807) is 57.8 Å². The predicted molar refractivity (Wildman–Crippen MR) is 148 cm³/mol. The number of ketones is 1. The molecule has 0 saturated carbocycles. The lowest BCUT2D eigenvalue weighted by Gasteiger charge is -2.13. The second kappa shape index (κ2) is 11.7. The fourth-order valence-corrected chi connectivity index (χ4v) is 4.40. The number of nitrogens with zero attached hydrogens (tertiary/aromatic N) is 1. The largest absolute Gasteiger partial charge is 0.494 e. The smallest absolute Gasteiger partial charge is 0.203 e. The van der Waals surface area contributed by atoms with Gasteiger partial charge >= 0.3 is 0 Å². The van der Waals surface area contributed by atoms with Crippen LogP contribution in [0.25, 0.3) is 23.1 Å². The van der Waals surface area contributed by atoms with Crippen molar-refractivity contribution >= 4 is 28.8 Å². The Morgan fingerprint density at radius 1 is 0.895 bits per heavy atom. The van der Waals surface area contributed by atoms with Gasteiger partial charge in [0.05, 0.1) is 28.4 Å². The van der Waals surface area contributed by atoms with Crippen LogP contribution in [0.2, 0.25) is 0 Å². The molecule has 0 N–H and O–H groups in total. The van der Waals surface area contributed by atoms with Gasteiger partial charge in [-0.15, -0.1) is 0 Å². The van der Waals surface area contributed by atoms with Crippen molar-refractivity contribution in [2.24, 2.45) is 7.05 Å². The SMILES string of the molecule is COc1cc(C/C=C\C(=O)c2cn(C)c3ccccc23)c(/C=C\c2cc(OC)c(OC)c(OC)c2)cc1F. The monoisotopic (exact) mass is 515 g/mol. The zero-order valence-corrected chi connectivity index (χ0v) is 22.1. The van der Waals surface area contributed by atoms with Crippen LogP contribution >= 0.6 is 0 Å². The summed E-state index contributed by atoms with van der Waals surface area (Å²) < 4.78 is 38.0. The first-order valence-corrected chi connectivity index (χ1v) is 12.0. The third-order valence-electron chi connectivity index (χ3n) is 6.33. The van der Waals surface area contributed by atoms with Crippen LogP contribution in [0.4, 0.5) is 4.39 Å². The van der Waals surface area contributed by atoms with Crippen molar-refractivity contribution < 1.29 is 28.1 Å². The molecule has 0 amide bonds. The van der Waals surface area contributed by atoms with Gasteiger partial charge in [-0.1, -0.05) is 36.4 Å². The van der Waals surface area contributed by atoms with Gasteiger partial charge in [0.15, 0.2) is 28.8 Å². The van der Waals surface area contributed by atoms with Gasteiger partial charge in [0.2, 0.25) is 5.75 Å². The second-order valence-electron chi connectivity index (χ2n) is 8.62. The van der Waals surface area contributed by atoms with Crippen LogP contribution in [0.1, 0.15) is 27.0 Å². The van der Waals surface area contributed by atoms with Crippen LogP contribution in [0.3, 0.4) is 0 Å². The number of carbonyl (C=O) groups excluding carboxylic acids is 1. The topological polar surface area (TPSA) is 58.9 Å². The summed E-state index contributed by atoms with van der Waals surface area (Å²) in [5, 5.41) is 0.905. The lowest BCUT2D eigenvalue weighted by molar-refractivity contribution is 0.104. The molecule has 0 radical (unpaired) electrons. The van der Waals surface area contributed by atoms with Gasteiger partial charge in [0.25, 0.3) is 0 Å². The van der Waals surface area contributed by atoms with E-state index in [1.165, 1.54) is 13.2 Å². The number of halogens is 1. The maximum absolute atomic E-state index is 14.6. The van der Waals surface area contributed by atoms with E-state index in [0.717, 1.165) is 22.0 Å². The van der Waals surface area contributed by atoms with Crippen LogP contribution in [0.15, 0.2) is 66.9 Å². The van der Waals surface area contributed by atoms with Crippen LogP contribution in [0.5, 0.6) is 23.0 Å². The molecule has 38 heavy (non-hydrogen) atoms. The molecule has 0 aliphatic rings. The van der Waals surface area contributed by atoms with Crippen LogP contribution < -0.4 is 18.9 Å². The summed E-state index contributed by atoms with van der Waals surface area (Å²) in [6.45, 7) is 0. The van der Waals surface area contributed by atoms with Gasteiger partial charge in [-0.05, 0) is 59.5 Å². The minimum Gasteiger partial charge on any atom is -0.494 e. The maximum Gasteiger partial charge on any atom is 0.203 e. The third-order valence-corrected chi connectivity index (χ3v) is 6.33. The van der Waals surface area contributed by atoms with E-state index in [0.29, 0.717) is 34.8 Å². The number of fused-ring (bicyclic) bond motifs is 1. The molecule has 0 fully saturated rings. The van der Waals surface area contributed by atoms with Crippen molar-refractivity contribution in [2.75, 3.05) is 28.4 Å². The molecule has 1 heterocycles. The fraction of sp³-hybridized carbons (Fsp3) is 0.194. The Morgan fingerprint density at radius 2 is 1.58 bits per heavy atom. The highest BCUT2D eigenvalue weighted by molar-refractivity contribution is 6.13. The second-order valence-corrected chi connectivity index (χ2v) is 8.62. The highest BCUT2D eigenvalue weighted by Crippen LogP contribution is 2.38. The summed E-state index contributed by atoms with van der Waals surface area (Å²) in [6, 6.07) is 14.5. The van der Waals surface area contributed by atoms with E-state index in [2.05, 4.69) is 0 Å². The van der Waals surface area contributed by atoms with Gasteiger partial charge < -0.3 is 23.5 Å². The lowest BCUT2D eigenvalue weighted by atomic mass is 10.0. The quantitative estimate of drug-likeness (QED) is 0.137.